The molecule has 0 aliphatic rings. The van der Waals surface area contributed by atoms with Gasteiger partial charge in [-0.2, -0.15) is 0 Å². The molecule has 0 saturated carbocycles. The third kappa shape index (κ3) is 3.20. The molecule has 0 heterocycles. The Balaban J connectivity index is 4.71. The van der Waals surface area contributed by atoms with E-state index in [1.807, 2.05) is 6.92 Å². The second-order valence-corrected chi connectivity index (χ2v) is 2.91. The average molecular weight is 200 g/mol. The van der Waals surface area contributed by atoms with E-state index in [2.05, 4.69) is 9.47 Å². The maximum absolute atomic E-state index is 11.3. The van der Waals surface area contributed by atoms with E-state index in [0.717, 1.165) is 0 Å². The van der Waals surface area contributed by atoms with Crippen LogP contribution in [0, 0.1) is 11.8 Å². The van der Waals surface area contributed by atoms with Gasteiger partial charge < -0.3 is 9.47 Å². The van der Waals surface area contributed by atoms with Gasteiger partial charge >= 0.3 is 11.9 Å². The number of allylic oxidation sites excluding steroid dienone is 2. The zero-order chi connectivity index (χ0) is 11.1. The molecule has 1 atom stereocenters. The van der Waals surface area contributed by atoms with Crippen LogP contribution in [0.15, 0.2) is 12.2 Å². The summed E-state index contributed by atoms with van der Waals surface area (Å²) >= 11 is 0. The third-order valence-electron chi connectivity index (χ3n) is 1.93. The minimum absolute atomic E-state index is 0.222. The summed E-state index contributed by atoms with van der Waals surface area (Å²) in [5, 5.41) is 0. The van der Waals surface area contributed by atoms with Gasteiger partial charge in [-0.05, 0) is 12.8 Å². The van der Waals surface area contributed by atoms with Crippen LogP contribution in [0.5, 0.6) is 0 Å². The van der Waals surface area contributed by atoms with Crippen LogP contribution in [0.25, 0.3) is 0 Å². The molecule has 14 heavy (non-hydrogen) atoms. The van der Waals surface area contributed by atoms with Crippen molar-refractivity contribution in [1.82, 2.24) is 0 Å². The number of carbonyl (C=O) groups excluding carboxylic acids is 2. The molecule has 4 heteroatoms. The summed E-state index contributed by atoms with van der Waals surface area (Å²) in [6, 6.07) is 0. The lowest BCUT2D eigenvalue weighted by atomic mass is 9.94. The number of ether oxygens (including phenoxy) is 2. The SMILES string of the molecule is C/C=C/C(C)C(C(=O)OC)C(=O)OC. The van der Waals surface area contributed by atoms with E-state index in [9.17, 15) is 9.59 Å². The maximum atomic E-state index is 11.3. The fourth-order valence-electron chi connectivity index (χ4n) is 1.19. The minimum atomic E-state index is -0.874. The van der Waals surface area contributed by atoms with Crippen molar-refractivity contribution >= 4 is 11.9 Å². The molecular weight excluding hydrogens is 184 g/mol. The van der Waals surface area contributed by atoms with Crippen molar-refractivity contribution in [2.45, 2.75) is 13.8 Å². The molecule has 0 amide bonds. The molecule has 0 fully saturated rings. The van der Waals surface area contributed by atoms with Crippen LogP contribution in [0.2, 0.25) is 0 Å². The van der Waals surface area contributed by atoms with Gasteiger partial charge in [-0.1, -0.05) is 19.1 Å². The summed E-state index contributed by atoms with van der Waals surface area (Å²) in [4.78, 5) is 22.5. The van der Waals surface area contributed by atoms with Gasteiger partial charge in [0.15, 0.2) is 5.92 Å². The predicted molar refractivity (Wildman–Crippen MR) is 51.5 cm³/mol. The summed E-state index contributed by atoms with van der Waals surface area (Å²) < 4.78 is 9.06. The van der Waals surface area contributed by atoms with Gasteiger partial charge in [-0.3, -0.25) is 9.59 Å². The Kier molecular flexibility index (Phi) is 5.60. The monoisotopic (exact) mass is 200 g/mol. The highest BCUT2D eigenvalue weighted by Crippen LogP contribution is 2.16. The molecule has 0 aromatic heterocycles. The Labute approximate surface area is 83.9 Å². The molecule has 0 saturated heterocycles. The minimum Gasteiger partial charge on any atom is -0.468 e. The molecule has 0 rings (SSSR count). The maximum Gasteiger partial charge on any atom is 0.320 e. The van der Waals surface area contributed by atoms with Crippen LogP contribution in [-0.4, -0.2) is 26.2 Å². The lowest BCUT2D eigenvalue weighted by Gasteiger charge is -2.16. The van der Waals surface area contributed by atoms with Crippen molar-refractivity contribution in [3.05, 3.63) is 12.2 Å². The first-order chi connectivity index (χ1) is 6.58. The highest BCUT2D eigenvalue weighted by Gasteiger charge is 2.32. The number of hydrogen-bond acceptors (Lipinski definition) is 4. The van der Waals surface area contributed by atoms with Crippen molar-refractivity contribution in [3.63, 3.8) is 0 Å². The molecule has 0 aliphatic heterocycles. The molecule has 0 aromatic rings. The lowest BCUT2D eigenvalue weighted by molar-refractivity contribution is -0.160. The Bertz CT molecular complexity index is 216. The van der Waals surface area contributed by atoms with Crippen LogP contribution in [0.1, 0.15) is 13.8 Å². The summed E-state index contributed by atoms with van der Waals surface area (Å²) in [6.45, 7) is 3.58. The Morgan fingerprint density at radius 2 is 1.57 bits per heavy atom. The van der Waals surface area contributed by atoms with E-state index in [1.54, 1.807) is 19.1 Å². The van der Waals surface area contributed by atoms with E-state index in [0.29, 0.717) is 0 Å². The van der Waals surface area contributed by atoms with Gasteiger partial charge in [-0.15, -0.1) is 0 Å². The largest absolute Gasteiger partial charge is 0.468 e. The molecule has 0 spiro atoms. The highest BCUT2D eigenvalue weighted by molar-refractivity contribution is 5.95. The summed E-state index contributed by atoms with van der Waals surface area (Å²) in [5.74, 6) is -2.23. The van der Waals surface area contributed by atoms with Crippen LogP contribution in [0.4, 0.5) is 0 Å². The van der Waals surface area contributed by atoms with Crippen LogP contribution in [0.3, 0.4) is 0 Å². The summed E-state index contributed by atoms with van der Waals surface area (Å²) in [5.41, 5.74) is 0. The first kappa shape index (κ1) is 12.7. The van der Waals surface area contributed by atoms with E-state index < -0.39 is 17.9 Å². The Morgan fingerprint density at radius 3 is 1.86 bits per heavy atom. The van der Waals surface area contributed by atoms with Crippen molar-refractivity contribution in [1.29, 1.82) is 0 Å². The zero-order valence-corrected chi connectivity index (χ0v) is 8.94. The molecule has 0 aromatic carbocycles. The molecule has 0 bridgehead atoms. The predicted octanol–water partition coefficient (Wildman–Crippen LogP) is 1.16. The first-order valence-electron chi connectivity index (χ1n) is 4.37. The fraction of sp³-hybridized carbons (Fsp3) is 0.600. The van der Waals surface area contributed by atoms with Gasteiger partial charge in [-0.25, -0.2) is 0 Å². The van der Waals surface area contributed by atoms with Crippen molar-refractivity contribution in [2.24, 2.45) is 11.8 Å². The Morgan fingerprint density at radius 1 is 1.14 bits per heavy atom. The number of methoxy groups -OCH3 is 2. The van der Waals surface area contributed by atoms with Gasteiger partial charge in [0, 0.05) is 0 Å². The average Bonchev–Trinajstić information content (AvgIpc) is 2.17. The standard InChI is InChI=1S/C10H16O4/c1-5-6-7(2)8(9(11)13-3)10(12)14-4/h5-8H,1-4H3/b6-5+. The second-order valence-electron chi connectivity index (χ2n) is 2.91. The van der Waals surface area contributed by atoms with E-state index in [4.69, 9.17) is 0 Å². The quantitative estimate of drug-likeness (QED) is 0.388. The third-order valence-corrected chi connectivity index (χ3v) is 1.93. The zero-order valence-electron chi connectivity index (χ0n) is 8.94. The molecular formula is C10H16O4. The number of hydrogen-bond donors (Lipinski definition) is 0. The number of rotatable bonds is 4. The molecule has 0 N–H and O–H groups in total. The molecule has 1 unspecified atom stereocenters. The molecule has 0 radical (unpaired) electrons. The molecule has 4 nitrogen and oxygen atoms in total. The summed E-state index contributed by atoms with van der Waals surface area (Å²) in [7, 11) is 2.50. The van der Waals surface area contributed by atoms with E-state index in [1.165, 1.54) is 14.2 Å². The topological polar surface area (TPSA) is 52.6 Å². The molecule has 80 valence electrons. The van der Waals surface area contributed by atoms with E-state index in [-0.39, 0.29) is 5.92 Å². The van der Waals surface area contributed by atoms with Gasteiger partial charge in [0.05, 0.1) is 14.2 Å². The fourth-order valence-corrected chi connectivity index (χ4v) is 1.19. The van der Waals surface area contributed by atoms with Gasteiger partial charge in [0.2, 0.25) is 0 Å². The molecule has 0 aliphatic carbocycles. The van der Waals surface area contributed by atoms with Crippen LogP contribution in [-0.2, 0) is 19.1 Å². The smallest absolute Gasteiger partial charge is 0.320 e. The number of carbonyl (C=O) groups is 2. The lowest BCUT2D eigenvalue weighted by Crippen LogP contribution is -2.31. The van der Waals surface area contributed by atoms with Gasteiger partial charge in [0.25, 0.3) is 0 Å². The van der Waals surface area contributed by atoms with Crippen molar-refractivity contribution in [3.8, 4) is 0 Å². The van der Waals surface area contributed by atoms with E-state index >= 15 is 0 Å². The van der Waals surface area contributed by atoms with Crippen molar-refractivity contribution < 1.29 is 19.1 Å². The second kappa shape index (κ2) is 6.18. The normalized spacial score (nSPS) is 12.9. The van der Waals surface area contributed by atoms with Gasteiger partial charge in [0.1, 0.15) is 0 Å². The van der Waals surface area contributed by atoms with Crippen LogP contribution < -0.4 is 0 Å². The van der Waals surface area contributed by atoms with Crippen molar-refractivity contribution in [2.75, 3.05) is 14.2 Å². The van der Waals surface area contributed by atoms with Crippen LogP contribution >= 0.6 is 0 Å². The highest BCUT2D eigenvalue weighted by atomic mass is 16.5. The Hall–Kier alpha value is -1.32. The summed E-state index contributed by atoms with van der Waals surface area (Å²) in [6.07, 6.45) is 3.54. The first-order valence-corrected chi connectivity index (χ1v) is 4.37. The number of esters is 2.